The number of imidazole rings is 1. The van der Waals surface area contributed by atoms with Gasteiger partial charge in [-0.3, -0.25) is 0 Å². The lowest BCUT2D eigenvalue weighted by Crippen LogP contribution is -1.99. The number of benzene rings is 2. The lowest BCUT2D eigenvalue weighted by molar-refractivity contribution is 0.701. The Hall–Kier alpha value is -2.40. The number of fused-ring (bicyclic) bond motifs is 1. The molecule has 5 heteroatoms. The number of nitrogen functional groups attached to an aromatic ring is 1. The second-order valence-electron chi connectivity index (χ2n) is 4.58. The minimum Gasteiger partial charge on any atom is -0.398 e. The summed E-state index contributed by atoms with van der Waals surface area (Å²) in [5, 5.41) is 1.56. The Morgan fingerprint density at radius 1 is 1.25 bits per heavy atom. The molecule has 0 aliphatic rings. The molecule has 0 aliphatic heterocycles. The van der Waals surface area contributed by atoms with Gasteiger partial charge in [0.15, 0.2) is 0 Å². The average molecular weight is 283 g/mol. The summed E-state index contributed by atoms with van der Waals surface area (Å²) in [6.07, 6.45) is 0. The molecule has 100 valence electrons. The highest BCUT2D eigenvalue weighted by molar-refractivity contribution is 7.65. The van der Waals surface area contributed by atoms with Gasteiger partial charge in [0.1, 0.15) is 5.82 Å². The molecule has 0 radical (unpaired) electrons. The maximum Gasteiger partial charge on any atom is 0.141 e. The van der Waals surface area contributed by atoms with Gasteiger partial charge in [0, 0.05) is 22.2 Å². The SMILES string of the molecule is Cc1ccc(N)c(-c2nc3ccccc3[nH]2)c1C=S=O. The molecule has 0 bridgehead atoms. The molecule has 3 N–H and O–H groups in total. The van der Waals surface area contributed by atoms with Crippen molar-refractivity contribution in [2.24, 2.45) is 0 Å². The summed E-state index contributed by atoms with van der Waals surface area (Å²) in [7, 11) is 0. The third-order valence-electron chi connectivity index (χ3n) is 3.29. The minimum atomic E-state index is 0.421. The summed E-state index contributed by atoms with van der Waals surface area (Å²) in [6.45, 7) is 1.95. The second-order valence-corrected chi connectivity index (χ2v) is 5.01. The topological polar surface area (TPSA) is 71.8 Å². The first-order valence-electron chi connectivity index (χ1n) is 6.16. The first kappa shape index (κ1) is 12.6. The van der Waals surface area contributed by atoms with Crippen LogP contribution in [0.4, 0.5) is 5.69 Å². The Kier molecular flexibility index (Phi) is 3.12. The van der Waals surface area contributed by atoms with Crippen LogP contribution < -0.4 is 5.73 Å². The molecule has 0 fully saturated rings. The van der Waals surface area contributed by atoms with Gasteiger partial charge in [0.05, 0.1) is 22.3 Å². The molecule has 0 atom stereocenters. The van der Waals surface area contributed by atoms with Gasteiger partial charge in [0.25, 0.3) is 0 Å². The van der Waals surface area contributed by atoms with Gasteiger partial charge in [0.2, 0.25) is 0 Å². The van der Waals surface area contributed by atoms with Crippen molar-refractivity contribution in [1.29, 1.82) is 0 Å². The largest absolute Gasteiger partial charge is 0.398 e. The molecule has 1 heterocycles. The smallest absolute Gasteiger partial charge is 0.141 e. The molecular weight excluding hydrogens is 270 g/mol. The number of hydrogen-bond acceptors (Lipinski definition) is 3. The molecule has 2 aromatic carbocycles. The Bertz CT molecular complexity index is 814. The van der Waals surface area contributed by atoms with Crippen LogP contribution in [-0.4, -0.2) is 19.5 Å². The summed E-state index contributed by atoms with van der Waals surface area (Å²) >= 11 is 0.421. The number of hydrogen-bond donors (Lipinski definition) is 2. The lowest BCUT2D eigenvalue weighted by atomic mass is 10.0. The molecule has 20 heavy (non-hydrogen) atoms. The predicted octanol–water partition coefficient (Wildman–Crippen LogP) is 2.48. The molecule has 0 spiro atoms. The van der Waals surface area contributed by atoms with Gasteiger partial charge in [-0.25, -0.2) is 9.19 Å². The first-order chi connectivity index (χ1) is 9.70. The summed E-state index contributed by atoms with van der Waals surface area (Å²) < 4.78 is 10.9. The molecule has 0 saturated heterocycles. The van der Waals surface area contributed by atoms with Crippen LogP contribution in [0, 0.1) is 6.92 Å². The van der Waals surface area contributed by atoms with Gasteiger partial charge >= 0.3 is 0 Å². The van der Waals surface area contributed by atoms with Crippen molar-refractivity contribution in [3.8, 4) is 11.4 Å². The van der Waals surface area contributed by atoms with Crippen LogP contribution in [0.15, 0.2) is 36.4 Å². The van der Waals surface area contributed by atoms with Crippen LogP contribution in [-0.2, 0) is 11.3 Å². The Morgan fingerprint density at radius 3 is 2.80 bits per heavy atom. The molecule has 0 saturated carbocycles. The molecule has 0 amide bonds. The quantitative estimate of drug-likeness (QED) is 0.560. The third-order valence-corrected chi connectivity index (χ3v) is 3.62. The normalized spacial score (nSPS) is 10.7. The maximum atomic E-state index is 10.9. The Labute approximate surface area is 119 Å². The highest BCUT2D eigenvalue weighted by atomic mass is 32.1. The van der Waals surface area contributed by atoms with Crippen molar-refractivity contribution < 1.29 is 4.21 Å². The van der Waals surface area contributed by atoms with Crippen LogP contribution in [0.1, 0.15) is 11.1 Å². The van der Waals surface area contributed by atoms with E-state index in [2.05, 4.69) is 9.97 Å². The Balaban J connectivity index is 2.33. The number of aromatic amines is 1. The van der Waals surface area contributed by atoms with E-state index >= 15 is 0 Å². The van der Waals surface area contributed by atoms with Gasteiger partial charge in [-0.1, -0.05) is 18.2 Å². The van der Waals surface area contributed by atoms with Crippen molar-refractivity contribution in [1.82, 2.24) is 9.97 Å². The van der Waals surface area contributed by atoms with Crippen molar-refractivity contribution in [2.45, 2.75) is 6.92 Å². The van der Waals surface area contributed by atoms with E-state index in [-0.39, 0.29) is 0 Å². The fourth-order valence-electron chi connectivity index (χ4n) is 2.28. The van der Waals surface area contributed by atoms with E-state index in [1.165, 1.54) is 0 Å². The van der Waals surface area contributed by atoms with Gasteiger partial charge in [-0.05, 0) is 30.7 Å². The van der Waals surface area contributed by atoms with Crippen LogP contribution in [0.25, 0.3) is 22.4 Å². The third kappa shape index (κ3) is 2.02. The molecule has 3 aromatic rings. The van der Waals surface area contributed by atoms with Crippen LogP contribution in [0.5, 0.6) is 0 Å². The zero-order valence-electron chi connectivity index (χ0n) is 10.9. The summed E-state index contributed by atoms with van der Waals surface area (Å²) in [4.78, 5) is 7.82. The lowest BCUT2D eigenvalue weighted by Gasteiger charge is -2.09. The number of para-hydroxylation sites is 2. The summed E-state index contributed by atoms with van der Waals surface area (Å²) in [6, 6.07) is 11.5. The second kappa shape index (κ2) is 4.94. The van der Waals surface area contributed by atoms with Gasteiger partial charge in [-0.15, -0.1) is 0 Å². The zero-order chi connectivity index (χ0) is 14.1. The monoisotopic (exact) mass is 283 g/mol. The molecule has 0 aliphatic carbocycles. The number of nitrogens with one attached hydrogen (secondary N) is 1. The van der Waals surface area contributed by atoms with Crippen molar-refractivity contribution in [3.63, 3.8) is 0 Å². The fourth-order valence-corrected chi connectivity index (χ4v) is 2.68. The fraction of sp³-hybridized carbons (Fsp3) is 0.0667. The average Bonchev–Trinajstić information content (AvgIpc) is 2.86. The molecule has 4 nitrogen and oxygen atoms in total. The standard InChI is InChI=1S/C15H13N3OS/c1-9-6-7-11(16)14(10(9)8-20-19)15-17-12-4-2-3-5-13(12)18-15/h2-8H,16H2,1H3,(H,17,18). The van der Waals surface area contributed by atoms with E-state index in [0.717, 1.165) is 27.7 Å². The van der Waals surface area contributed by atoms with Crippen molar-refractivity contribution in [2.75, 3.05) is 5.73 Å². The van der Waals surface area contributed by atoms with E-state index in [1.54, 1.807) is 5.37 Å². The van der Waals surface area contributed by atoms with Crippen LogP contribution >= 0.6 is 0 Å². The van der Waals surface area contributed by atoms with E-state index in [1.807, 2.05) is 43.3 Å². The van der Waals surface area contributed by atoms with Gasteiger partial charge < -0.3 is 10.7 Å². The molecular formula is C15H13N3OS. The predicted molar refractivity (Wildman–Crippen MR) is 84.0 cm³/mol. The zero-order valence-corrected chi connectivity index (χ0v) is 11.7. The van der Waals surface area contributed by atoms with E-state index < -0.39 is 0 Å². The molecule has 0 unspecified atom stereocenters. The minimum absolute atomic E-state index is 0.421. The number of aromatic nitrogens is 2. The summed E-state index contributed by atoms with van der Waals surface area (Å²) in [5.41, 5.74) is 11.1. The van der Waals surface area contributed by atoms with E-state index in [0.29, 0.717) is 22.8 Å². The number of rotatable bonds is 2. The van der Waals surface area contributed by atoms with Crippen LogP contribution in [0.3, 0.4) is 0 Å². The highest BCUT2D eigenvalue weighted by Crippen LogP contribution is 2.30. The number of nitrogens with two attached hydrogens (primary N) is 1. The maximum absolute atomic E-state index is 10.9. The molecule has 1 aromatic heterocycles. The van der Waals surface area contributed by atoms with Gasteiger partial charge in [-0.2, -0.15) is 0 Å². The Morgan fingerprint density at radius 2 is 2.05 bits per heavy atom. The summed E-state index contributed by atoms with van der Waals surface area (Å²) in [5.74, 6) is 0.688. The number of anilines is 1. The van der Waals surface area contributed by atoms with Crippen molar-refractivity contribution >= 4 is 33.3 Å². The van der Waals surface area contributed by atoms with E-state index in [4.69, 9.17) is 5.73 Å². The number of H-pyrrole nitrogens is 1. The van der Waals surface area contributed by atoms with Crippen molar-refractivity contribution in [3.05, 3.63) is 47.5 Å². The number of nitrogens with zero attached hydrogens (tertiary/aromatic N) is 1. The number of aryl methyl sites for hydroxylation is 1. The highest BCUT2D eigenvalue weighted by Gasteiger charge is 2.14. The first-order valence-corrected chi connectivity index (χ1v) is 6.97. The molecule has 3 rings (SSSR count). The van der Waals surface area contributed by atoms with E-state index in [9.17, 15) is 4.21 Å². The van der Waals surface area contributed by atoms with Crippen LogP contribution in [0.2, 0.25) is 0 Å².